The Kier molecular flexibility index (Phi) is 10.4. The number of hydrogen-bond donors (Lipinski definition) is 1. The van der Waals surface area contributed by atoms with Crippen molar-refractivity contribution in [2.24, 2.45) is 0 Å². The van der Waals surface area contributed by atoms with Gasteiger partial charge in [0.15, 0.2) is 16.6 Å². The molecule has 0 saturated carbocycles. The number of fused-ring (bicyclic) bond motifs is 2. The van der Waals surface area contributed by atoms with E-state index in [1.807, 2.05) is 25.3 Å². The van der Waals surface area contributed by atoms with E-state index in [1.54, 1.807) is 0 Å². The summed E-state index contributed by atoms with van der Waals surface area (Å²) in [6.45, 7) is 20.9. The van der Waals surface area contributed by atoms with Crippen LogP contribution in [0.4, 0.5) is 0 Å². The van der Waals surface area contributed by atoms with Crippen LogP contribution in [0.3, 0.4) is 0 Å². The lowest BCUT2D eigenvalue weighted by atomic mass is 10.1. The van der Waals surface area contributed by atoms with Gasteiger partial charge in [-0.25, -0.2) is 8.42 Å². The summed E-state index contributed by atoms with van der Waals surface area (Å²) < 4.78 is 46.8. The van der Waals surface area contributed by atoms with Crippen LogP contribution in [0.5, 0.6) is 0 Å². The number of carbonyl (C=O) groups excluding carboxylic acids is 4. The van der Waals surface area contributed by atoms with Crippen LogP contribution >= 0.6 is 0 Å². The number of rotatable bonds is 15. The van der Waals surface area contributed by atoms with Crippen molar-refractivity contribution in [3.05, 3.63) is 70.9 Å². The first-order valence-electron chi connectivity index (χ1n) is 15.6. The van der Waals surface area contributed by atoms with E-state index in [0.717, 1.165) is 23.4 Å². The molecule has 16 heteroatoms. The van der Waals surface area contributed by atoms with Gasteiger partial charge in [0, 0.05) is 6.54 Å². The summed E-state index contributed by atoms with van der Waals surface area (Å²) >= 11 is 0. The standard InChI is InChI=1S/C31H44N2O9SSi4/c1-10-18-44(3,4)41-47(9,11-2)42-46(7,8)40-45(5,6)19-12-17-33-30(36)25-16-14-23(21-27(25)31(33)37)43(38,39)22-13-15-24-26(20-22)29(35)32-28(24)34/h11,13-16,20-21H,2,10,12,17-19H2,1,3-9H3,(H,32,34,35). The zero-order valence-electron chi connectivity index (χ0n) is 28.3. The van der Waals surface area contributed by atoms with Gasteiger partial charge >= 0.3 is 17.1 Å². The van der Waals surface area contributed by atoms with Gasteiger partial charge in [0.05, 0.1) is 32.0 Å². The normalized spacial score (nSPS) is 16.6. The molecular weight excluding hydrogens is 689 g/mol. The Hall–Kier alpha value is -2.84. The number of imide groups is 2. The fraction of sp³-hybridized carbons (Fsp3) is 0.419. The maximum Gasteiger partial charge on any atom is 0.342 e. The van der Waals surface area contributed by atoms with Crippen molar-refractivity contribution < 1.29 is 39.9 Å². The lowest BCUT2D eigenvalue weighted by Gasteiger charge is -2.41. The fourth-order valence-corrected chi connectivity index (χ4v) is 26.0. The molecule has 0 radical (unpaired) electrons. The van der Waals surface area contributed by atoms with Crippen LogP contribution in [0, 0.1) is 0 Å². The Morgan fingerprint density at radius 1 is 0.745 bits per heavy atom. The number of carbonyl (C=O) groups is 4. The van der Waals surface area contributed by atoms with Crippen LogP contribution in [-0.4, -0.2) is 77.2 Å². The molecular formula is C31H44N2O9SSi4. The van der Waals surface area contributed by atoms with E-state index in [4.69, 9.17) is 12.3 Å². The molecule has 4 rings (SSSR count). The summed E-state index contributed by atoms with van der Waals surface area (Å²) in [5, 5.41) is 2.13. The summed E-state index contributed by atoms with van der Waals surface area (Å²) in [6, 6.07) is 9.16. The zero-order valence-corrected chi connectivity index (χ0v) is 33.1. The summed E-state index contributed by atoms with van der Waals surface area (Å²) in [4.78, 5) is 51.3. The maximum absolute atomic E-state index is 13.4. The van der Waals surface area contributed by atoms with Gasteiger partial charge in [-0.1, -0.05) is 19.0 Å². The molecule has 0 bridgehead atoms. The van der Waals surface area contributed by atoms with Gasteiger partial charge in [-0.05, 0) is 101 Å². The molecule has 0 aliphatic carbocycles. The van der Waals surface area contributed by atoms with Crippen molar-refractivity contribution in [2.75, 3.05) is 6.54 Å². The van der Waals surface area contributed by atoms with Crippen molar-refractivity contribution in [3.8, 4) is 0 Å². The van der Waals surface area contributed by atoms with E-state index in [0.29, 0.717) is 12.5 Å². The second-order valence-electron chi connectivity index (χ2n) is 13.8. The zero-order chi connectivity index (χ0) is 35.2. The minimum atomic E-state index is -4.17. The summed E-state index contributed by atoms with van der Waals surface area (Å²) in [6.07, 6.45) is 1.56. The van der Waals surface area contributed by atoms with Gasteiger partial charge in [-0.2, -0.15) is 0 Å². The molecule has 0 spiro atoms. The lowest BCUT2D eigenvalue weighted by molar-refractivity contribution is 0.0652. The fourth-order valence-electron chi connectivity index (χ4n) is 6.28. The summed E-state index contributed by atoms with van der Waals surface area (Å²) in [5.74, 6) is -2.32. The average Bonchev–Trinajstić information content (AvgIpc) is 3.37. The second kappa shape index (κ2) is 13.2. The smallest absolute Gasteiger partial charge is 0.342 e. The molecule has 2 heterocycles. The number of benzene rings is 2. The Bertz CT molecular complexity index is 1760. The van der Waals surface area contributed by atoms with Crippen molar-refractivity contribution in [2.45, 2.75) is 87.5 Å². The van der Waals surface area contributed by atoms with Gasteiger partial charge in [-0.15, -0.1) is 6.58 Å². The van der Waals surface area contributed by atoms with E-state index in [2.05, 4.69) is 45.0 Å². The van der Waals surface area contributed by atoms with Gasteiger partial charge in [0.2, 0.25) is 9.84 Å². The van der Waals surface area contributed by atoms with E-state index < -0.39 is 67.2 Å². The number of amides is 4. The van der Waals surface area contributed by atoms with Crippen molar-refractivity contribution >= 4 is 67.2 Å². The molecule has 2 aromatic carbocycles. The van der Waals surface area contributed by atoms with Crippen LogP contribution < -0.4 is 5.32 Å². The molecule has 2 aromatic rings. The quantitative estimate of drug-likeness (QED) is 0.179. The molecule has 11 nitrogen and oxygen atoms in total. The monoisotopic (exact) mass is 732 g/mol. The van der Waals surface area contributed by atoms with Crippen LogP contribution in [0.1, 0.15) is 61.2 Å². The van der Waals surface area contributed by atoms with E-state index in [9.17, 15) is 27.6 Å². The second-order valence-corrected chi connectivity index (χ2v) is 31.4. The number of nitrogens with one attached hydrogen (secondary N) is 1. The van der Waals surface area contributed by atoms with Gasteiger partial charge in [0.25, 0.3) is 23.6 Å². The predicted octanol–water partition coefficient (Wildman–Crippen LogP) is 5.76. The minimum Gasteiger partial charge on any atom is -0.436 e. The first kappa shape index (κ1) is 37.0. The Balaban J connectivity index is 1.41. The minimum absolute atomic E-state index is 0.00284. The first-order chi connectivity index (χ1) is 21.6. The molecule has 0 aromatic heterocycles. The van der Waals surface area contributed by atoms with Crippen LogP contribution in [0.25, 0.3) is 0 Å². The molecule has 1 N–H and O–H groups in total. The average molecular weight is 733 g/mol. The summed E-state index contributed by atoms with van der Waals surface area (Å²) in [5.41, 5.74) is 2.02. The van der Waals surface area contributed by atoms with Crippen molar-refractivity contribution in [1.82, 2.24) is 10.2 Å². The number of nitrogens with zero attached hydrogens (tertiary/aromatic N) is 1. The lowest BCUT2D eigenvalue weighted by Crippen LogP contribution is -2.57. The molecule has 2 aliphatic rings. The summed E-state index contributed by atoms with van der Waals surface area (Å²) in [7, 11) is -13.7. The molecule has 2 aliphatic heterocycles. The van der Waals surface area contributed by atoms with Gasteiger partial charge < -0.3 is 12.3 Å². The molecule has 47 heavy (non-hydrogen) atoms. The Morgan fingerprint density at radius 2 is 1.28 bits per heavy atom. The highest BCUT2D eigenvalue weighted by molar-refractivity contribution is 7.91. The number of sulfone groups is 1. The third-order valence-corrected chi connectivity index (χ3v) is 25.5. The van der Waals surface area contributed by atoms with E-state index in [1.165, 1.54) is 30.3 Å². The van der Waals surface area contributed by atoms with Gasteiger partial charge in [0.1, 0.15) is 0 Å². The third kappa shape index (κ3) is 8.07. The van der Waals surface area contributed by atoms with Crippen molar-refractivity contribution in [3.63, 3.8) is 0 Å². The van der Waals surface area contributed by atoms with Crippen LogP contribution in [-0.2, 0) is 22.2 Å². The third-order valence-electron chi connectivity index (χ3n) is 8.10. The molecule has 254 valence electrons. The highest BCUT2D eigenvalue weighted by Gasteiger charge is 2.45. The first-order valence-corrected chi connectivity index (χ1v) is 28.6. The molecule has 1 unspecified atom stereocenters. The van der Waals surface area contributed by atoms with E-state index >= 15 is 0 Å². The largest absolute Gasteiger partial charge is 0.436 e. The van der Waals surface area contributed by atoms with Crippen LogP contribution in [0.2, 0.25) is 57.9 Å². The highest BCUT2D eigenvalue weighted by atomic mass is 32.2. The Labute approximate surface area is 281 Å². The SMILES string of the molecule is C=C[Si](C)(O[Si](C)(C)CCC)O[Si](C)(C)O[Si](C)(C)CCCN1C(=O)c2ccc(S(=O)(=O)c3ccc4c(c3)C(=O)NC4=O)cc2C1=O. The molecule has 0 saturated heterocycles. The highest BCUT2D eigenvalue weighted by Crippen LogP contribution is 2.32. The number of hydrogen-bond acceptors (Lipinski definition) is 9. The van der Waals surface area contributed by atoms with Crippen LogP contribution in [0.15, 0.2) is 58.5 Å². The topological polar surface area (TPSA) is 145 Å². The molecule has 1 atom stereocenters. The van der Waals surface area contributed by atoms with Gasteiger partial charge in [-0.3, -0.25) is 29.4 Å². The molecule has 4 amide bonds. The predicted molar refractivity (Wildman–Crippen MR) is 188 cm³/mol. The Morgan fingerprint density at radius 3 is 1.87 bits per heavy atom. The molecule has 0 fully saturated rings. The van der Waals surface area contributed by atoms with E-state index in [-0.39, 0.29) is 38.6 Å². The maximum atomic E-state index is 13.4. The van der Waals surface area contributed by atoms with Crippen molar-refractivity contribution in [1.29, 1.82) is 0 Å².